The molecule has 0 radical (unpaired) electrons. The minimum Gasteiger partial charge on any atom is -0.494 e. The molecule has 20 heavy (non-hydrogen) atoms. The first-order valence-electron chi connectivity index (χ1n) is 7.16. The quantitative estimate of drug-likeness (QED) is 0.686. The van der Waals surface area contributed by atoms with E-state index in [1.807, 2.05) is 20.8 Å². The molecule has 0 saturated carbocycles. The van der Waals surface area contributed by atoms with Crippen molar-refractivity contribution in [2.45, 2.75) is 33.6 Å². The number of ketones is 1. The van der Waals surface area contributed by atoms with Crippen LogP contribution in [0, 0.1) is 0 Å². The van der Waals surface area contributed by atoms with Gasteiger partial charge in [-0.05, 0) is 45.0 Å². The van der Waals surface area contributed by atoms with Gasteiger partial charge in [-0.2, -0.15) is 0 Å². The van der Waals surface area contributed by atoms with Crippen molar-refractivity contribution < 1.29 is 14.3 Å². The van der Waals surface area contributed by atoms with E-state index in [9.17, 15) is 9.59 Å². The minimum atomic E-state index is -0.00597. The van der Waals surface area contributed by atoms with Gasteiger partial charge in [0.05, 0.1) is 6.61 Å². The van der Waals surface area contributed by atoms with E-state index in [4.69, 9.17) is 4.74 Å². The normalized spacial score (nSPS) is 10.2. The highest BCUT2D eigenvalue weighted by molar-refractivity contribution is 5.98. The highest BCUT2D eigenvalue weighted by atomic mass is 16.5. The van der Waals surface area contributed by atoms with E-state index in [1.165, 1.54) is 0 Å². The molecule has 1 rings (SSSR count). The Balaban J connectivity index is 2.52. The Morgan fingerprint density at radius 1 is 1.00 bits per heavy atom. The summed E-state index contributed by atoms with van der Waals surface area (Å²) in [6, 6.07) is 7.05. The average Bonchev–Trinajstić information content (AvgIpc) is 2.47. The molecule has 1 amide bonds. The summed E-state index contributed by atoms with van der Waals surface area (Å²) in [7, 11) is 0. The highest BCUT2D eigenvalue weighted by Crippen LogP contribution is 2.14. The molecule has 0 aliphatic heterocycles. The second kappa shape index (κ2) is 8.35. The summed E-state index contributed by atoms with van der Waals surface area (Å²) in [5, 5.41) is 0. The third kappa shape index (κ3) is 4.68. The van der Waals surface area contributed by atoms with Gasteiger partial charge in [0.25, 0.3) is 0 Å². The maximum atomic E-state index is 12.0. The fraction of sp³-hybridized carbons (Fsp3) is 0.500. The third-order valence-corrected chi connectivity index (χ3v) is 3.17. The molecule has 0 saturated heterocycles. The summed E-state index contributed by atoms with van der Waals surface area (Å²) in [5.41, 5.74) is 0.626. The Bertz CT molecular complexity index is 436. The van der Waals surface area contributed by atoms with Gasteiger partial charge in [-0.3, -0.25) is 9.59 Å². The summed E-state index contributed by atoms with van der Waals surface area (Å²) in [6.07, 6.45) is 0.525. The zero-order valence-electron chi connectivity index (χ0n) is 12.5. The standard InChI is InChI=1S/C16H23NO3/c1-4-17(5-2)16(19)12-11-15(18)13-7-9-14(10-8-13)20-6-3/h7-10H,4-6,11-12H2,1-3H3. The lowest BCUT2D eigenvalue weighted by molar-refractivity contribution is -0.130. The first kappa shape index (κ1) is 16.2. The Morgan fingerprint density at radius 3 is 2.10 bits per heavy atom. The zero-order valence-corrected chi connectivity index (χ0v) is 12.5. The van der Waals surface area contributed by atoms with Crippen LogP contribution in [0.1, 0.15) is 44.0 Å². The summed E-state index contributed by atoms with van der Waals surface area (Å²) in [5.74, 6) is 0.783. The van der Waals surface area contributed by atoms with Crippen LogP contribution < -0.4 is 4.74 Å². The number of amides is 1. The van der Waals surface area contributed by atoms with Crippen LogP contribution in [-0.2, 0) is 4.79 Å². The van der Waals surface area contributed by atoms with Crippen LogP contribution in [-0.4, -0.2) is 36.3 Å². The third-order valence-electron chi connectivity index (χ3n) is 3.17. The van der Waals surface area contributed by atoms with Crippen LogP contribution in [0.5, 0.6) is 5.75 Å². The number of Topliss-reactive ketones (excluding diaryl/α,β-unsaturated/α-hetero) is 1. The van der Waals surface area contributed by atoms with E-state index < -0.39 is 0 Å². The molecular weight excluding hydrogens is 254 g/mol. The number of rotatable bonds is 8. The molecule has 0 bridgehead atoms. The Kier molecular flexibility index (Phi) is 6.77. The van der Waals surface area contributed by atoms with Gasteiger partial charge in [0, 0.05) is 31.5 Å². The van der Waals surface area contributed by atoms with Gasteiger partial charge in [-0.15, -0.1) is 0 Å². The SMILES string of the molecule is CCOc1ccc(C(=O)CCC(=O)N(CC)CC)cc1. The van der Waals surface area contributed by atoms with E-state index in [0.717, 1.165) is 5.75 Å². The summed E-state index contributed by atoms with van der Waals surface area (Å²) in [4.78, 5) is 25.6. The van der Waals surface area contributed by atoms with Crippen molar-refractivity contribution in [1.29, 1.82) is 0 Å². The van der Waals surface area contributed by atoms with Gasteiger partial charge >= 0.3 is 0 Å². The molecule has 0 unspecified atom stereocenters. The van der Waals surface area contributed by atoms with Gasteiger partial charge in [-0.25, -0.2) is 0 Å². The molecule has 110 valence electrons. The maximum absolute atomic E-state index is 12.0. The van der Waals surface area contributed by atoms with Crippen LogP contribution >= 0.6 is 0 Å². The van der Waals surface area contributed by atoms with E-state index >= 15 is 0 Å². The second-order valence-electron chi connectivity index (χ2n) is 4.45. The summed E-state index contributed by atoms with van der Waals surface area (Å²) < 4.78 is 5.33. The van der Waals surface area contributed by atoms with Gasteiger partial charge in [0.1, 0.15) is 5.75 Å². The Morgan fingerprint density at radius 2 is 1.60 bits per heavy atom. The van der Waals surface area contributed by atoms with Crippen molar-refractivity contribution in [3.63, 3.8) is 0 Å². The lowest BCUT2D eigenvalue weighted by atomic mass is 10.1. The largest absolute Gasteiger partial charge is 0.494 e. The van der Waals surface area contributed by atoms with Crippen molar-refractivity contribution in [2.75, 3.05) is 19.7 Å². The van der Waals surface area contributed by atoms with Crippen molar-refractivity contribution in [3.8, 4) is 5.75 Å². The number of hydrogen-bond donors (Lipinski definition) is 0. The van der Waals surface area contributed by atoms with Crippen molar-refractivity contribution in [1.82, 2.24) is 4.90 Å². The zero-order chi connectivity index (χ0) is 15.0. The smallest absolute Gasteiger partial charge is 0.223 e. The molecule has 0 aromatic heterocycles. The highest BCUT2D eigenvalue weighted by Gasteiger charge is 2.13. The van der Waals surface area contributed by atoms with Crippen molar-refractivity contribution in [3.05, 3.63) is 29.8 Å². The van der Waals surface area contributed by atoms with Crippen LogP contribution in [0.25, 0.3) is 0 Å². The van der Waals surface area contributed by atoms with E-state index in [-0.39, 0.29) is 24.5 Å². The molecule has 0 atom stereocenters. The molecule has 0 N–H and O–H groups in total. The van der Waals surface area contributed by atoms with Gasteiger partial charge < -0.3 is 9.64 Å². The van der Waals surface area contributed by atoms with Crippen LogP contribution in [0.3, 0.4) is 0 Å². The molecule has 4 heteroatoms. The van der Waals surface area contributed by atoms with Crippen LogP contribution in [0.2, 0.25) is 0 Å². The molecule has 0 aliphatic rings. The fourth-order valence-corrected chi connectivity index (χ4v) is 2.00. The summed E-state index contributed by atoms with van der Waals surface area (Å²) >= 11 is 0. The predicted octanol–water partition coefficient (Wildman–Crippen LogP) is 2.92. The van der Waals surface area contributed by atoms with Crippen LogP contribution in [0.4, 0.5) is 0 Å². The van der Waals surface area contributed by atoms with Gasteiger partial charge in [-0.1, -0.05) is 0 Å². The molecule has 0 aliphatic carbocycles. The lowest BCUT2D eigenvalue weighted by Crippen LogP contribution is -2.30. The predicted molar refractivity (Wildman–Crippen MR) is 79.1 cm³/mol. The maximum Gasteiger partial charge on any atom is 0.223 e. The fourth-order valence-electron chi connectivity index (χ4n) is 2.00. The number of ether oxygens (including phenoxy) is 1. The average molecular weight is 277 g/mol. The van der Waals surface area contributed by atoms with E-state index in [1.54, 1.807) is 29.2 Å². The monoisotopic (exact) mass is 277 g/mol. The second-order valence-corrected chi connectivity index (χ2v) is 4.45. The number of carbonyl (C=O) groups is 2. The van der Waals surface area contributed by atoms with Crippen molar-refractivity contribution >= 4 is 11.7 Å². The molecule has 0 spiro atoms. The molecule has 1 aromatic rings. The molecule has 1 aromatic carbocycles. The number of carbonyl (C=O) groups excluding carboxylic acids is 2. The summed E-state index contributed by atoms with van der Waals surface area (Å²) in [6.45, 7) is 7.77. The number of nitrogens with zero attached hydrogens (tertiary/aromatic N) is 1. The Labute approximate surface area is 120 Å². The molecule has 0 fully saturated rings. The first-order valence-corrected chi connectivity index (χ1v) is 7.16. The first-order chi connectivity index (χ1) is 9.62. The van der Waals surface area contributed by atoms with E-state index in [2.05, 4.69) is 0 Å². The molecule has 4 nitrogen and oxygen atoms in total. The lowest BCUT2D eigenvalue weighted by Gasteiger charge is -2.18. The van der Waals surface area contributed by atoms with Crippen molar-refractivity contribution in [2.24, 2.45) is 0 Å². The topological polar surface area (TPSA) is 46.6 Å². The number of hydrogen-bond acceptors (Lipinski definition) is 3. The minimum absolute atomic E-state index is 0.00597. The molecule has 0 heterocycles. The Hall–Kier alpha value is -1.84. The van der Waals surface area contributed by atoms with Crippen LogP contribution in [0.15, 0.2) is 24.3 Å². The number of benzene rings is 1. The van der Waals surface area contributed by atoms with Gasteiger partial charge in [0.15, 0.2) is 5.78 Å². The molecular formula is C16H23NO3. The van der Waals surface area contributed by atoms with Gasteiger partial charge in [0.2, 0.25) is 5.91 Å². The van der Waals surface area contributed by atoms with E-state index in [0.29, 0.717) is 25.3 Å².